The van der Waals surface area contributed by atoms with E-state index in [9.17, 15) is 0 Å². The average molecular weight is 269 g/mol. The van der Waals surface area contributed by atoms with Crippen molar-refractivity contribution < 1.29 is 0 Å². The Hall–Kier alpha value is -1.52. The van der Waals surface area contributed by atoms with Gasteiger partial charge < -0.3 is 11.1 Å². The lowest BCUT2D eigenvalue weighted by atomic mass is 10.3. The maximum Gasteiger partial charge on any atom is 0.221 e. The molecule has 4 nitrogen and oxygen atoms in total. The van der Waals surface area contributed by atoms with Crippen LogP contribution in [0.2, 0.25) is 10.0 Å². The Labute approximate surface area is 109 Å². The highest BCUT2D eigenvalue weighted by molar-refractivity contribution is 6.35. The predicted octanol–water partition coefficient (Wildman–Crippen LogP) is 3.42. The highest BCUT2D eigenvalue weighted by Crippen LogP contribution is 2.25. The molecule has 0 bridgehead atoms. The van der Waals surface area contributed by atoms with Gasteiger partial charge in [-0.3, -0.25) is 0 Å². The van der Waals surface area contributed by atoms with E-state index in [0.29, 0.717) is 15.9 Å². The summed E-state index contributed by atoms with van der Waals surface area (Å²) >= 11 is 11.8. The lowest BCUT2D eigenvalue weighted by molar-refractivity contribution is 1.15. The van der Waals surface area contributed by atoms with Crippen molar-refractivity contribution >= 4 is 40.7 Å². The van der Waals surface area contributed by atoms with E-state index >= 15 is 0 Å². The molecule has 1 heterocycles. The lowest BCUT2D eigenvalue weighted by Gasteiger charge is -2.09. The fourth-order valence-electron chi connectivity index (χ4n) is 1.34. The van der Waals surface area contributed by atoms with E-state index in [0.717, 1.165) is 11.3 Å². The Kier molecular flexibility index (Phi) is 3.36. The Morgan fingerprint density at radius 3 is 2.47 bits per heavy atom. The third-order valence-corrected chi connectivity index (χ3v) is 2.55. The van der Waals surface area contributed by atoms with Crippen molar-refractivity contribution in [2.75, 3.05) is 11.1 Å². The van der Waals surface area contributed by atoms with Crippen LogP contribution in [-0.4, -0.2) is 9.97 Å². The van der Waals surface area contributed by atoms with Gasteiger partial charge >= 0.3 is 0 Å². The smallest absolute Gasteiger partial charge is 0.221 e. The second kappa shape index (κ2) is 4.77. The van der Waals surface area contributed by atoms with Crippen molar-refractivity contribution in [3.8, 4) is 0 Å². The number of benzene rings is 1. The predicted molar refractivity (Wildman–Crippen MR) is 70.9 cm³/mol. The first kappa shape index (κ1) is 12.0. The topological polar surface area (TPSA) is 63.8 Å². The van der Waals surface area contributed by atoms with E-state index in [1.165, 1.54) is 0 Å². The van der Waals surface area contributed by atoms with Crippen LogP contribution >= 0.6 is 23.2 Å². The van der Waals surface area contributed by atoms with Crippen LogP contribution in [0.4, 0.5) is 17.5 Å². The molecule has 0 radical (unpaired) electrons. The molecule has 0 aliphatic carbocycles. The first-order chi connectivity index (χ1) is 8.04. The van der Waals surface area contributed by atoms with Gasteiger partial charge in [0.1, 0.15) is 5.82 Å². The second-order valence-corrected chi connectivity index (χ2v) is 4.42. The monoisotopic (exact) mass is 268 g/mol. The quantitative estimate of drug-likeness (QED) is 0.876. The van der Waals surface area contributed by atoms with Gasteiger partial charge in [-0.2, -0.15) is 4.98 Å². The number of anilines is 3. The molecule has 6 heteroatoms. The average Bonchev–Trinajstić information content (AvgIpc) is 2.22. The third kappa shape index (κ3) is 2.99. The maximum absolute atomic E-state index is 5.91. The van der Waals surface area contributed by atoms with E-state index in [2.05, 4.69) is 15.3 Å². The zero-order valence-electron chi connectivity index (χ0n) is 9.04. The molecule has 0 saturated heterocycles. The van der Waals surface area contributed by atoms with Crippen molar-refractivity contribution in [3.63, 3.8) is 0 Å². The number of hydrogen-bond acceptors (Lipinski definition) is 4. The summed E-state index contributed by atoms with van der Waals surface area (Å²) in [4.78, 5) is 7.99. The number of aryl methyl sites for hydroxylation is 1. The summed E-state index contributed by atoms with van der Waals surface area (Å²) in [5.41, 5.74) is 7.16. The Balaban J connectivity index is 2.34. The van der Waals surface area contributed by atoms with Gasteiger partial charge in [0, 0.05) is 27.5 Å². The molecule has 0 spiro atoms. The van der Waals surface area contributed by atoms with E-state index < -0.39 is 0 Å². The molecule has 0 atom stereocenters. The first-order valence-electron chi connectivity index (χ1n) is 4.87. The fourth-order valence-corrected chi connectivity index (χ4v) is 1.87. The molecule has 17 heavy (non-hydrogen) atoms. The minimum Gasteiger partial charge on any atom is -0.368 e. The largest absolute Gasteiger partial charge is 0.368 e. The molecule has 2 aromatic rings. The zero-order valence-corrected chi connectivity index (χ0v) is 10.5. The van der Waals surface area contributed by atoms with E-state index in [4.69, 9.17) is 28.9 Å². The van der Waals surface area contributed by atoms with Crippen LogP contribution in [0.5, 0.6) is 0 Å². The van der Waals surface area contributed by atoms with Crippen molar-refractivity contribution in [1.29, 1.82) is 0 Å². The van der Waals surface area contributed by atoms with Crippen LogP contribution in [0, 0.1) is 6.92 Å². The SMILES string of the molecule is Cc1cnc(N)nc1Nc1cc(Cl)cc(Cl)c1. The molecule has 88 valence electrons. The van der Waals surface area contributed by atoms with E-state index in [1.807, 2.05) is 6.92 Å². The molecule has 0 amide bonds. The van der Waals surface area contributed by atoms with Crippen LogP contribution in [0.3, 0.4) is 0 Å². The number of aromatic nitrogens is 2. The summed E-state index contributed by atoms with van der Waals surface area (Å²) in [5.74, 6) is 0.849. The van der Waals surface area contributed by atoms with E-state index in [1.54, 1.807) is 24.4 Å². The number of halogens is 2. The van der Waals surface area contributed by atoms with Gasteiger partial charge in [0.15, 0.2) is 0 Å². The number of nitrogens with zero attached hydrogens (tertiary/aromatic N) is 2. The van der Waals surface area contributed by atoms with Gasteiger partial charge in [0.25, 0.3) is 0 Å². The highest BCUT2D eigenvalue weighted by atomic mass is 35.5. The van der Waals surface area contributed by atoms with Crippen molar-refractivity contribution in [2.45, 2.75) is 6.92 Å². The highest BCUT2D eigenvalue weighted by Gasteiger charge is 2.04. The van der Waals surface area contributed by atoms with Crippen LogP contribution in [0.15, 0.2) is 24.4 Å². The Morgan fingerprint density at radius 2 is 1.82 bits per heavy atom. The van der Waals surface area contributed by atoms with Crippen LogP contribution in [0.1, 0.15) is 5.56 Å². The molecule has 0 aliphatic heterocycles. The molecule has 2 rings (SSSR count). The number of nitrogens with two attached hydrogens (primary N) is 1. The van der Waals surface area contributed by atoms with Gasteiger partial charge in [-0.05, 0) is 25.1 Å². The summed E-state index contributed by atoms with van der Waals surface area (Å²) in [6.07, 6.45) is 1.65. The van der Waals surface area contributed by atoms with Gasteiger partial charge in [-0.25, -0.2) is 4.98 Å². The lowest BCUT2D eigenvalue weighted by Crippen LogP contribution is -2.01. The van der Waals surface area contributed by atoms with Gasteiger partial charge in [0.05, 0.1) is 0 Å². The Bertz CT molecular complexity index is 537. The number of rotatable bonds is 2. The van der Waals surface area contributed by atoms with Crippen molar-refractivity contribution in [2.24, 2.45) is 0 Å². The normalized spacial score (nSPS) is 10.3. The summed E-state index contributed by atoms with van der Waals surface area (Å²) in [6.45, 7) is 1.88. The minimum atomic E-state index is 0.214. The second-order valence-electron chi connectivity index (χ2n) is 3.54. The molecule has 3 N–H and O–H groups in total. The molecular weight excluding hydrogens is 259 g/mol. The van der Waals surface area contributed by atoms with Gasteiger partial charge in [0.2, 0.25) is 5.95 Å². The summed E-state index contributed by atoms with van der Waals surface area (Å²) in [6, 6.07) is 5.17. The minimum absolute atomic E-state index is 0.214. The molecule has 1 aromatic carbocycles. The fraction of sp³-hybridized carbons (Fsp3) is 0.0909. The molecule has 0 unspecified atom stereocenters. The van der Waals surface area contributed by atoms with Gasteiger partial charge in [-0.15, -0.1) is 0 Å². The standard InChI is InChI=1S/C11H10Cl2N4/c1-6-5-15-11(14)17-10(6)16-9-3-7(12)2-8(13)4-9/h2-5H,1H3,(H3,14,15,16,17). The molecule has 0 fully saturated rings. The number of nitrogens with one attached hydrogen (secondary N) is 1. The zero-order chi connectivity index (χ0) is 12.4. The van der Waals surface area contributed by atoms with Crippen LogP contribution in [-0.2, 0) is 0 Å². The summed E-state index contributed by atoms with van der Waals surface area (Å²) in [5, 5.41) is 4.21. The number of hydrogen-bond donors (Lipinski definition) is 2. The molecule has 0 aliphatic rings. The Morgan fingerprint density at radius 1 is 1.18 bits per heavy atom. The van der Waals surface area contributed by atoms with Crippen LogP contribution < -0.4 is 11.1 Å². The van der Waals surface area contributed by atoms with Gasteiger partial charge in [-0.1, -0.05) is 23.2 Å². The molecule has 1 aromatic heterocycles. The van der Waals surface area contributed by atoms with Crippen molar-refractivity contribution in [3.05, 3.63) is 40.0 Å². The first-order valence-corrected chi connectivity index (χ1v) is 5.62. The molecule has 0 saturated carbocycles. The van der Waals surface area contributed by atoms with Crippen LogP contribution in [0.25, 0.3) is 0 Å². The summed E-state index contributed by atoms with van der Waals surface area (Å²) < 4.78 is 0. The third-order valence-electron chi connectivity index (χ3n) is 2.12. The summed E-state index contributed by atoms with van der Waals surface area (Å²) in [7, 11) is 0. The number of nitrogen functional groups attached to an aromatic ring is 1. The van der Waals surface area contributed by atoms with E-state index in [-0.39, 0.29) is 5.95 Å². The van der Waals surface area contributed by atoms with Crippen molar-refractivity contribution in [1.82, 2.24) is 9.97 Å². The molecular formula is C11H10Cl2N4. The maximum atomic E-state index is 5.91.